The molecule has 2 heterocycles. The number of fused-ring (bicyclic) bond motifs is 1. The summed E-state index contributed by atoms with van der Waals surface area (Å²) in [7, 11) is 2.12. The average molecular weight is 249 g/mol. The van der Waals surface area contributed by atoms with Gasteiger partial charge >= 0.3 is 0 Å². The topological polar surface area (TPSA) is 48.1 Å². The lowest BCUT2D eigenvalue weighted by Crippen LogP contribution is -2.31. The van der Waals surface area contributed by atoms with Crippen molar-refractivity contribution < 1.29 is 0 Å². The van der Waals surface area contributed by atoms with Gasteiger partial charge in [0.15, 0.2) is 0 Å². The second-order valence-corrected chi connectivity index (χ2v) is 5.64. The zero-order valence-corrected chi connectivity index (χ0v) is 11.5. The molecule has 0 aliphatic carbocycles. The number of hydrogen-bond acceptors (Lipinski definition) is 3. The number of likely N-dealkylation sites (N-methyl/N-ethyl adjacent to an activating group) is 1. The first-order chi connectivity index (χ1) is 8.56. The Morgan fingerprint density at radius 2 is 2.28 bits per heavy atom. The number of rotatable bonds is 4. The summed E-state index contributed by atoms with van der Waals surface area (Å²) in [6.45, 7) is 7.89. The molecule has 1 aromatic heterocycles. The Labute approximate surface area is 108 Å². The van der Waals surface area contributed by atoms with E-state index in [-0.39, 0.29) is 5.56 Å². The number of aromatic nitrogens is 1. The SMILES string of the molecule is CC(C)CNCc1cc2c([nH]c1=O)CCN(C)C2. The fourth-order valence-corrected chi connectivity index (χ4v) is 2.32. The van der Waals surface area contributed by atoms with E-state index < -0.39 is 0 Å². The van der Waals surface area contributed by atoms with Gasteiger partial charge in [0.25, 0.3) is 5.56 Å². The van der Waals surface area contributed by atoms with E-state index in [1.54, 1.807) is 0 Å². The van der Waals surface area contributed by atoms with E-state index in [1.807, 2.05) is 0 Å². The summed E-state index contributed by atoms with van der Waals surface area (Å²) in [4.78, 5) is 17.3. The Morgan fingerprint density at radius 1 is 1.50 bits per heavy atom. The van der Waals surface area contributed by atoms with Crippen molar-refractivity contribution in [3.8, 4) is 0 Å². The van der Waals surface area contributed by atoms with Crippen molar-refractivity contribution in [3.63, 3.8) is 0 Å². The number of pyridine rings is 1. The Kier molecular flexibility index (Phi) is 4.19. The summed E-state index contributed by atoms with van der Waals surface area (Å²) in [5, 5.41) is 3.33. The number of hydrogen-bond donors (Lipinski definition) is 2. The van der Waals surface area contributed by atoms with Gasteiger partial charge in [-0.2, -0.15) is 0 Å². The molecule has 4 nitrogen and oxygen atoms in total. The van der Waals surface area contributed by atoms with Crippen LogP contribution in [0.1, 0.15) is 30.7 Å². The van der Waals surface area contributed by atoms with E-state index >= 15 is 0 Å². The highest BCUT2D eigenvalue weighted by atomic mass is 16.1. The molecule has 4 heteroatoms. The molecule has 0 aromatic carbocycles. The zero-order valence-electron chi connectivity index (χ0n) is 11.5. The summed E-state index contributed by atoms with van der Waals surface area (Å²) < 4.78 is 0. The van der Waals surface area contributed by atoms with Gasteiger partial charge in [0.2, 0.25) is 0 Å². The van der Waals surface area contributed by atoms with Crippen LogP contribution < -0.4 is 10.9 Å². The fourth-order valence-electron chi connectivity index (χ4n) is 2.32. The monoisotopic (exact) mass is 249 g/mol. The minimum absolute atomic E-state index is 0.0644. The van der Waals surface area contributed by atoms with E-state index in [0.717, 1.165) is 37.3 Å². The summed E-state index contributed by atoms with van der Waals surface area (Å²) >= 11 is 0. The van der Waals surface area contributed by atoms with Gasteiger partial charge in [-0.15, -0.1) is 0 Å². The van der Waals surface area contributed by atoms with Crippen LogP contribution in [0.5, 0.6) is 0 Å². The first-order valence-corrected chi connectivity index (χ1v) is 6.69. The molecule has 0 saturated heterocycles. The van der Waals surface area contributed by atoms with Gasteiger partial charge in [-0.25, -0.2) is 0 Å². The molecule has 0 spiro atoms. The maximum atomic E-state index is 11.9. The Bertz CT molecular complexity index is 465. The molecular formula is C14H23N3O. The molecule has 1 aliphatic rings. The number of aromatic amines is 1. The lowest BCUT2D eigenvalue weighted by Gasteiger charge is -2.24. The lowest BCUT2D eigenvalue weighted by atomic mass is 10.0. The molecule has 0 unspecified atom stereocenters. The summed E-state index contributed by atoms with van der Waals surface area (Å²) in [5.41, 5.74) is 3.30. The van der Waals surface area contributed by atoms with Crippen molar-refractivity contribution in [2.24, 2.45) is 5.92 Å². The van der Waals surface area contributed by atoms with E-state index in [1.165, 1.54) is 5.56 Å². The minimum atomic E-state index is 0.0644. The van der Waals surface area contributed by atoms with Crippen LogP contribution in [0.2, 0.25) is 0 Å². The van der Waals surface area contributed by atoms with Gasteiger partial charge in [0, 0.05) is 37.3 Å². The largest absolute Gasteiger partial charge is 0.326 e. The van der Waals surface area contributed by atoms with E-state index in [9.17, 15) is 4.79 Å². The predicted octanol–water partition coefficient (Wildman–Crippen LogP) is 1.11. The molecule has 0 bridgehead atoms. The average Bonchev–Trinajstić information content (AvgIpc) is 2.30. The predicted molar refractivity (Wildman–Crippen MR) is 73.6 cm³/mol. The second-order valence-electron chi connectivity index (χ2n) is 5.64. The van der Waals surface area contributed by atoms with Crippen molar-refractivity contribution in [1.29, 1.82) is 0 Å². The quantitative estimate of drug-likeness (QED) is 0.840. The highest BCUT2D eigenvalue weighted by molar-refractivity contribution is 5.27. The van der Waals surface area contributed by atoms with Crippen LogP contribution >= 0.6 is 0 Å². The van der Waals surface area contributed by atoms with Crippen LogP contribution in [0.3, 0.4) is 0 Å². The standard InChI is InChI=1S/C14H23N3O/c1-10(2)7-15-8-11-6-12-9-17(3)5-4-13(12)16-14(11)18/h6,10,15H,4-5,7-9H2,1-3H3,(H,16,18). The maximum absolute atomic E-state index is 11.9. The van der Waals surface area contributed by atoms with Crippen molar-refractivity contribution in [3.05, 3.63) is 33.2 Å². The van der Waals surface area contributed by atoms with Gasteiger partial charge in [-0.3, -0.25) is 4.79 Å². The third-order valence-electron chi connectivity index (χ3n) is 3.34. The van der Waals surface area contributed by atoms with Crippen molar-refractivity contribution >= 4 is 0 Å². The van der Waals surface area contributed by atoms with Crippen LogP contribution in [0.15, 0.2) is 10.9 Å². The molecule has 0 saturated carbocycles. The summed E-state index contributed by atoms with van der Waals surface area (Å²) in [6.07, 6.45) is 0.945. The van der Waals surface area contributed by atoms with E-state index in [2.05, 4.69) is 42.2 Å². The maximum Gasteiger partial charge on any atom is 0.252 e. The van der Waals surface area contributed by atoms with Gasteiger partial charge in [-0.05, 0) is 31.1 Å². The number of nitrogens with zero attached hydrogens (tertiary/aromatic N) is 1. The Hall–Kier alpha value is -1.13. The Balaban J connectivity index is 2.11. The van der Waals surface area contributed by atoms with Crippen LogP contribution in [-0.4, -0.2) is 30.0 Å². The van der Waals surface area contributed by atoms with Gasteiger partial charge < -0.3 is 15.2 Å². The number of nitrogens with one attached hydrogen (secondary N) is 2. The van der Waals surface area contributed by atoms with E-state index in [4.69, 9.17) is 0 Å². The van der Waals surface area contributed by atoms with Crippen LogP contribution in [0.25, 0.3) is 0 Å². The summed E-state index contributed by atoms with van der Waals surface area (Å²) in [5.74, 6) is 0.604. The van der Waals surface area contributed by atoms with Crippen molar-refractivity contribution in [1.82, 2.24) is 15.2 Å². The molecule has 2 rings (SSSR count). The smallest absolute Gasteiger partial charge is 0.252 e. The van der Waals surface area contributed by atoms with Crippen LogP contribution in [-0.2, 0) is 19.5 Å². The molecule has 0 fully saturated rings. The first kappa shape index (κ1) is 13.3. The third kappa shape index (κ3) is 3.21. The molecule has 2 N–H and O–H groups in total. The molecule has 0 amide bonds. The minimum Gasteiger partial charge on any atom is -0.326 e. The normalized spacial score (nSPS) is 16.0. The Morgan fingerprint density at radius 3 is 3.00 bits per heavy atom. The zero-order chi connectivity index (χ0) is 13.1. The van der Waals surface area contributed by atoms with Gasteiger partial charge in [-0.1, -0.05) is 13.8 Å². The molecule has 0 radical (unpaired) electrons. The highest BCUT2D eigenvalue weighted by Crippen LogP contribution is 2.15. The van der Waals surface area contributed by atoms with E-state index in [0.29, 0.717) is 12.5 Å². The molecule has 1 aliphatic heterocycles. The second kappa shape index (κ2) is 5.67. The lowest BCUT2D eigenvalue weighted by molar-refractivity contribution is 0.309. The van der Waals surface area contributed by atoms with Crippen molar-refractivity contribution in [2.75, 3.05) is 20.1 Å². The first-order valence-electron chi connectivity index (χ1n) is 6.69. The molecule has 18 heavy (non-hydrogen) atoms. The fraction of sp³-hybridized carbons (Fsp3) is 0.643. The molecule has 1 aromatic rings. The van der Waals surface area contributed by atoms with Crippen LogP contribution in [0, 0.1) is 5.92 Å². The molecule has 100 valence electrons. The number of H-pyrrole nitrogens is 1. The summed E-state index contributed by atoms with van der Waals surface area (Å²) in [6, 6.07) is 2.07. The van der Waals surface area contributed by atoms with Crippen LogP contribution in [0.4, 0.5) is 0 Å². The molecule has 0 atom stereocenters. The van der Waals surface area contributed by atoms with Crippen molar-refractivity contribution in [2.45, 2.75) is 33.4 Å². The van der Waals surface area contributed by atoms with Gasteiger partial charge in [0.1, 0.15) is 0 Å². The van der Waals surface area contributed by atoms with Gasteiger partial charge in [0.05, 0.1) is 0 Å². The third-order valence-corrected chi connectivity index (χ3v) is 3.34. The molecular weight excluding hydrogens is 226 g/mol. The highest BCUT2D eigenvalue weighted by Gasteiger charge is 2.15.